The van der Waals surface area contributed by atoms with Crippen molar-refractivity contribution in [3.8, 4) is 0 Å². The van der Waals surface area contributed by atoms with Gasteiger partial charge in [0.05, 0.1) is 17.7 Å². The molecule has 2 rings (SSSR count). The molecule has 116 valence electrons. The molecule has 0 radical (unpaired) electrons. The number of aliphatic hydroxyl groups is 1. The predicted octanol–water partition coefficient (Wildman–Crippen LogP) is 3.25. The minimum atomic E-state index is -0.954. The van der Waals surface area contributed by atoms with Crippen molar-refractivity contribution in [1.82, 2.24) is 0 Å². The molecule has 2 aromatic carbocycles. The maximum Gasteiger partial charge on any atom is 0.193 e. The van der Waals surface area contributed by atoms with Crippen LogP contribution in [0.2, 0.25) is 5.02 Å². The van der Waals surface area contributed by atoms with Gasteiger partial charge in [-0.1, -0.05) is 29.8 Å². The van der Waals surface area contributed by atoms with Crippen molar-refractivity contribution >= 4 is 23.2 Å². The molecule has 4 nitrogen and oxygen atoms in total. The second-order valence-electron chi connectivity index (χ2n) is 4.91. The summed E-state index contributed by atoms with van der Waals surface area (Å²) < 4.78 is 13.3. The molecule has 0 aliphatic rings. The van der Waals surface area contributed by atoms with E-state index in [2.05, 4.69) is 10.3 Å². The van der Waals surface area contributed by atoms with Crippen LogP contribution in [-0.2, 0) is 0 Å². The summed E-state index contributed by atoms with van der Waals surface area (Å²) in [6, 6.07) is 11.8. The third-order valence-corrected chi connectivity index (χ3v) is 3.36. The monoisotopic (exact) mass is 321 g/mol. The lowest BCUT2D eigenvalue weighted by molar-refractivity contribution is 0.187. The van der Waals surface area contributed by atoms with Crippen molar-refractivity contribution < 1.29 is 9.50 Å². The van der Waals surface area contributed by atoms with Gasteiger partial charge in [0.2, 0.25) is 0 Å². The Morgan fingerprint density at radius 3 is 2.82 bits per heavy atom. The van der Waals surface area contributed by atoms with E-state index in [9.17, 15) is 9.50 Å². The molecule has 0 aromatic heterocycles. The van der Waals surface area contributed by atoms with Crippen LogP contribution in [0, 0.1) is 12.7 Å². The zero-order valence-electron chi connectivity index (χ0n) is 12.1. The number of hydrogen-bond acceptors (Lipinski definition) is 2. The molecule has 0 amide bonds. The summed E-state index contributed by atoms with van der Waals surface area (Å²) in [5.41, 5.74) is 8.07. The lowest BCUT2D eigenvalue weighted by atomic mass is 10.1. The normalized spacial score (nSPS) is 13.0. The van der Waals surface area contributed by atoms with Crippen molar-refractivity contribution in [2.45, 2.75) is 13.0 Å². The summed E-state index contributed by atoms with van der Waals surface area (Å²) in [7, 11) is 0. The van der Waals surface area contributed by atoms with E-state index in [0.717, 1.165) is 11.3 Å². The van der Waals surface area contributed by atoms with Crippen molar-refractivity contribution in [3.05, 3.63) is 64.4 Å². The Bertz CT molecular complexity index is 691. The first-order chi connectivity index (χ1) is 10.5. The zero-order valence-corrected chi connectivity index (χ0v) is 12.8. The number of nitrogens with one attached hydrogen (secondary N) is 1. The van der Waals surface area contributed by atoms with Gasteiger partial charge in [0, 0.05) is 5.69 Å². The van der Waals surface area contributed by atoms with Gasteiger partial charge in [-0.2, -0.15) is 0 Å². The number of halogens is 2. The summed E-state index contributed by atoms with van der Waals surface area (Å²) >= 11 is 5.60. The molecule has 1 atom stereocenters. The SMILES string of the molecule is Cc1cccc(NC(N)=NCC(O)c2ccc(Cl)c(F)c2)c1. The Kier molecular flexibility index (Phi) is 5.35. The highest BCUT2D eigenvalue weighted by Crippen LogP contribution is 2.20. The maximum atomic E-state index is 13.3. The largest absolute Gasteiger partial charge is 0.386 e. The van der Waals surface area contributed by atoms with E-state index >= 15 is 0 Å². The summed E-state index contributed by atoms with van der Waals surface area (Å²) in [6.45, 7) is 1.99. The highest BCUT2D eigenvalue weighted by molar-refractivity contribution is 6.30. The fraction of sp³-hybridized carbons (Fsp3) is 0.188. The van der Waals surface area contributed by atoms with Gasteiger partial charge in [-0.25, -0.2) is 4.39 Å². The minimum absolute atomic E-state index is 0.0140. The molecule has 0 bridgehead atoms. The molecule has 6 heteroatoms. The molecule has 2 aromatic rings. The number of hydrogen-bond donors (Lipinski definition) is 3. The van der Waals surface area contributed by atoms with Gasteiger partial charge in [0.25, 0.3) is 0 Å². The minimum Gasteiger partial charge on any atom is -0.386 e. The molecule has 0 heterocycles. The molecule has 0 saturated carbocycles. The fourth-order valence-electron chi connectivity index (χ4n) is 1.92. The van der Waals surface area contributed by atoms with Crippen LogP contribution in [0.15, 0.2) is 47.5 Å². The van der Waals surface area contributed by atoms with Gasteiger partial charge >= 0.3 is 0 Å². The quantitative estimate of drug-likeness (QED) is 0.598. The Balaban J connectivity index is 1.99. The lowest BCUT2D eigenvalue weighted by Gasteiger charge is -2.10. The average Bonchev–Trinajstić information content (AvgIpc) is 2.47. The molecule has 0 saturated heterocycles. The number of benzene rings is 2. The first-order valence-electron chi connectivity index (χ1n) is 6.72. The maximum absolute atomic E-state index is 13.3. The van der Waals surface area contributed by atoms with Gasteiger partial charge in [-0.15, -0.1) is 0 Å². The van der Waals surface area contributed by atoms with E-state index in [1.165, 1.54) is 12.1 Å². The first kappa shape index (κ1) is 16.3. The van der Waals surface area contributed by atoms with Crippen LogP contribution in [0.4, 0.5) is 10.1 Å². The molecule has 1 unspecified atom stereocenters. The van der Waals surface area contributed by atoms with Gasteiger partial charge in [0.15, 0.2) is 5.96 Å². The van der Waals surface area contributed by atoms with Crippen LogP contribution in [0.5, 0.6) is 0 Å². The molecular formula is C16H17ClFN3O. The summed E-state index contributed by atoms with van der Waals surface area (Å²) in [6.07, 6.45) is -0.954. The molecule has 0 spiro atoms. The van der Waals surface area contributed by atoms with Crippen molar-refractivity contribution in [3.63, 3.8) is 0 Å². The number of nitrogens with zero attached hydrogens (tertiary/aromatic N) is 1. The number of aryl methyl sites for hydroxylation is 1. The second kappa shape index (κ2) is 7.24. The highest BCUT2D eigenvalue weighted by Gasteiger charge is 2.10. The molecule has 0 aliphatic carbocycles. The average molecular weight is 322 g/mol. The first-order valence-corrected chi connectivity index (χ1v) is 7.10. The highest BCUT2D eigenvalue weighted by atomic mass is 35.5. The Labute approximate surface area is 133 Å². The van der Waals surface area contributed by atoms with Crippen molar-refractivity contribution in [1.29, 1.82) is 0 Å². The lowest BCUT2D eigenvalue weighted by Crippen LogP contribution is -2.23. The van der Waals surface area contributed by atoms with Gasteiger partial charge in [-0.05, 0) is 42.3 Å². The van der Waals surface area contributed by atoms with E-state index in [0.29, 0.717) is 5.56 Å². The van der Waals surface area contributed by atoms with E-state index in [-0.39, 0.29) is 17.5 Å². The topological polar surface area (TPSA) is 70.6 Å². The number of guanidine groups is 1. The van der Waals surface area contributed by atoms with Crippen LogP contribution >= 0.6 is 11.6 Å². The molecule has 4 N–H and O–H groups in total. The smallest absolute Gasteiger partial charge is 0.193 e. The second-order valence-corrected chi connectivity index (χ2v) is 5.32. The third-order valence-electron chi connectivity index (χ3n) is 3.05. The standard InChI is InChI=1S/C16H17ClFN3O/c1-10-3-2-4-12(7-10)21-16(19)20-9-15(22)11-5-6-13(17)14(18)8-11/h2-8,15,22H,9H2,1H3,(H3,19,20,21). The number of rotatable bonds is 4. The van der Waals surface area contributed by atoms with E-state index in [1.807, 2.05) is 31.2 Å². The van der Waals surface area contributed by atoms with Crippen LogP contribution in [0.25, 0.3) is 0 Å². The number of nitrogens with two attached hydrogens (primary N) is 1. The Morgan fingerprint density at radius 2 is 2.14 bits per heavy atom. The number of aliphatic hydroxyl groups excluding tert-OH is 1. The van der Waals surface area contributed by atoms with Crippen LogP contribution in [0.3, 0.4) is 0 Å². The van der Waals surface area contributed by atoms with E-state index in [1.54, 1.807) is 6.07 Å². The van der Waals surface area contributed by atoms with Crippen LogP contribution < -0.4 is 11.1 Å². The van der Waals surface area contributed by atoms with Gasteiger partial charge in [-0.3, -0.25) is 4.99 Å². The van der Waals surface area contributed by atoms with Crippen LogP contribution in [-0.4, -0.2) is 17.6 Å². The van der Waals surface area contributed by atoms with Gasteiger partial charge < -0.3 is 16.2 Å². The summed E-state index contributed by atoms with van der Waals surface area (Å²) in [4.78, 5) is 4.06. The molecular weight excluding hydrogens is 305 g/mol. The van der Waals surface area contributed by atoms with Crippen LogP contribution in [0.1, 0.15) is 17.2 Å². The summed E-state index contributed by atoms with van der Waals surface area (Å²) in [5.74, 6) is -0.396. The zero-order chi connectivity index (χ0) is 16.1. The molecule has 22 heavy (non-hydrogen) atoms. The Hall–Kier alpha value is -2.11. The third kappa shape index (κ3) is 4.44. The van der Waals surface area contributed by atoms with Crippen molar-refractivity contribution in [2.24, 2.45) is 10.7 Å². The van der Waals surface area contributed by atoms with E-state index < -0.39 is 11.9 Å². The Morgan fingerprint density at radius 1 is 1.36 bits per heavy atom. The number of aliphatic imine (C=N–C) groups is 1. The predicted molar refractivity (Wildman–Crippen MR) is 87.7 cm³/mol. The van der Waals surface area contributed by atoms with Crippen molar-refractivity contribution in [2.75, 3.05) is 11.9 Å². The summed E-state index contributed by atoms with van der Waals surface area (Å²) in [5, 5.41) is 12.9. The molecule has 0 aliphatic heterocycles. The number of anilines is 1. The molecule has 0 fully saturated rings. The van der Waals surface area contributed by atoms with E-state index in [4.69, 9.17) is 17.3 Å². The fourth-order valence-corrected chi connectivity index (χ4v) is 2.04. The van der Waals surface area contributed by atoms with Gasteiger partial charge in [0.1, 0.15) is 5.82 Å².